The summed E-state index contributed by atoms with van der Waals surface area (Å²) in [6, 6.07) is 10.3. The molecule has 0 bridgehead atoms. The van der Waals surface area contributed by atoms with Crippen LogP contribution in [0.3, 0.4) is 0 Å². The monoisotopic (exact) mass is 316 g/mol. The van der Waals surface area contributed by atoms with Crippen molar-refractivity contribution in [3.05, 3.63) is 35.9 Å². The Bertz CT molecular complexity index is 563. The summed E-state index contributed by atoms with van der Waals surface area (Å²) in [5, 5.41) is 8.79. The fraction of sp³-hybridized carbons (Fsp3) is 0.529. The lowest BCUT2D eigenvalue weighted by atomic mass is 10.1. The van der Waals surface area contributed by atoms with Gasteiger partial charge in [-0.2, -0.15) is 0 Å². The third-order valence-corrected chi connectivity index (χ3v) is 4.47. The number of urea groups is 2. The van der Waals surface area contributed by atoms with Crippen LogP contribution in [-0.2, 0) is 0 Å². The number of carbonyl (C=O) groups excluding carboxylic acids is 2. The maximum Gasteiger partial charge on any atom is 0.317 e. The highest BCUT2D eigenvalue weighted by Gasteiger charge is 2.39. The highest BCUT2D eigenvalue weighted by molar-refractivity contribution is 5.76. The van der Waals surface area contributed by atoms with Crippen LogP contribution < -0.4 is 16.0 Å². The van der Waals surface area contributed by atoms with Crippen LogP contribution in [0.5, 0.6) is 0 Å². The Morgan fingerprint density at radius 2 is 2.00 bits per heavy atom. The van der Waals surface area contributed by atoms with E-state index in [0.717, 1.165) is 12.8 Å². The van der Waals surface area contributed by atoms with Gasteiger partial charge in [-0.15, -0.1) is 0 Å². The minimum absolute atomic E-state index is 0.0338. The zero-order chi connectivity index (χ0) is 16.2. The Hall–Kier alpha value is -2.24. The Morgan fingerprint density at radius 1 is 1.22 bits per heavy atom. The predicted molar refractivity (Wildman–Crippen MR) is 88.3 cm³/mol. The van der Waals surface area contributed by atoms with Gasteiger partial charge < -0.3 is 20.9 Å². The van der Waals surface area contributed by atoms with Crippen LogP contribution in [0.25, 0.3) is 0 Å². The molecular formula is C17H24N4O2. The lowest BCUT2D eigenvalue weighted by Gasteiger charge is -2.17. The molecule has 2 fully saturated rings. The largest absolute Gasteiger partial charge is 0.338 e. The second-order valence-electron chi connectivity index (χ2n) is 6.24. The van der Waals surface area contributed by atoms with E-state index in [9.17, 15) is 9.59 Å². The number of carbonyl (C=O) groups is 2. The van der Waals surface area contributed by atoms with Gasteiger partial charge in [0.1, 0.15) is 0 Å². The lowest BCUT2D eigenvalue weighted by molar-refractivity contribution is 0.207. The smallest absolute Gasteiger partial charge is 0.317 e. The van der Waals surface area contributed by atoms with Crippen LogP contribution in [0.2, 0.25) is 0 Å². The van der Waals surface area contributed by atoms with Gasteiger partial charge >= 0.3 is 12.1 Å². The number of hydrogen-bond acceptors (Lipinski definition) is 2. The van der Waals surface area contributed by atoms with Crippen molar-refractivity contribution in [3.63, 3.8) is 0 Å². The van der Waals surface area contributed by atoms with E-state index in [1.807, 2.05) is 25.1 Å². The quantitative estimate of drug-likeness (QED) is 0.790. The Kier molecular flexibility index (Phi) is 4.69. The van der Waals surface area contributed by atoms with E-state index in [1.165, 1.54) is 5.56 Å². The summed E-state index contributed by atoms with van der Waals surface area (Å²) >= 11 is 0. The molecule has 6 nitrogen and oxygen atoms in total. The molecule has 4 amide bonds. The number of benzene rings is 1. The molecule has 0 spiro atoms. The Morgan fingerprint density at radius 3 is 2.74 bits per heavy atom. The molecule has 6 heteroatoms. The minimum atomic E-state index is -0.129. The standard InChI is InChI=1S/C17H24N4O2/c1-2-18-17(23)21-9-8-13(11-21)19-16(22)20-15-10-14(15)12-6-4-3-5-7-12/h3-7,13-15H,2,8-11H2,1H3,(H,18,23)(H2,19,20,22)/t13-,14+,15+/m0/s1. The van der Waals surface area contributed by atoms with Crippen LogP contribution in [-0.4, -0.2) is 48.7 Å². The first-order valence-electron chi connectivity index (χ1n) is 8.32. The molecule has 124 valence electrons. The molecule has 1 aliphatic carbocycles. The predicted octanol–water partition coefficient (Wildman–Crippen LogP) is 1.65. The zero-order valence-corrected chi connectivity index (χ0v) is 13.4. The average molecular weight is 316 g/mol. The fourth-order valence-electron chi connectivity index (χ4n) is 3.14. The van der Waals surface area contributed by atoms with Crippen molar-refractivity contribution in [2.45, 2.75) is 37.8 Å². The van der Waals surface area contributed by atoms with E-state index in [0.29, 0.717) is 25.6 Å². The Balaban J connectivity index is 1.40. The molecule has 1 saturated carbocycles. The first kappa shape index (κ1) is 15.6. The van der Waals surface area contributed by atoms with Gasteiger partial charge in [-0.05, 0) is 25.3 Å². The molecule has 1 saturated heterocycles. The number of rotatable bonds is 4. The van der Waals surface area contributed by atoms with Gasteiger partial charge in [-0.25, -0.2) is 9.59 Å². The van der Waals surface area contributed by atoms with Gasteiger partial charge in [0.05, 0.1) is 0 Å². The van der Waals surface area contributed by atoms with Crippen LogP contribution in [0, 0.1) is 0 Å². The molecule has 3 rings (SSSR count). The molecule has 0 aromatic heterocycles. The van der Waals surface area contributed by atoms with Crippen molar-refractivity contribution < 1.29 is 9.59 Å². The Labute approximate surface area is 136 Å². The van der Waals surface area contributed by atoms with Gasteiger partial charge in [0.15, 0.2) is 0 Å². The topological polar surface area (TPSA) is 73.5 Å². The summed E-state index contributed by atoms with van der Waals surface area (Å²) in [6.07, 6.45) is 1.80. The molecule has 3 atom stereocenters. The molecular weight excluding hydrogens is 292 g/mol. The maximum atomic E-state index is 12.1. The van der Waals surface area contributed by atoms with Crippen LogP contribution >= 0.6 is 0 Å². The number of hydrogen-bond donors (Lipinski definition) is 3. The molecule has 23 heavy (non-hydrogen) atoms. The van der Waals surface area contributed by atoms with Crippen molar-refractivity contribution in [2.75, 3.05) is 19.6 Å². The number of nitrogens with one attached hydrogen (secondary N) is 3. The van der Waals surface area contributed by atoms with Crippen molar-refractivity contribution >= 4 is 12.1 Å². The van der Waals surface area contributed by atoms with Crippen LogP contribution in [0.4, 0.5) is 9.59 Å². The molecule has 1 aliphatic heterocycles. The number of nitrogens with zero attached hydrogens (tertiary/aromatic N) is 1. The molecule has 2 aliphatic rings. The second-order valence-corrected chi connectivity index (χ2v) is 6.24. The highest BCUT2D eigenvalue weighted by atomic mass is 16.2. The maximum absolute atomic E-state index is 12.1. The summed E-state index contributed by atoms with van der Waals surface area (Å²) in [7, 11) is 0. The van der Waals surface area contributed by atoms with Gasteiger partial charge in [0, 0.05) is 37.6 Å². The van der Waals surface area contributed by atoms with E-state index in [1.54, 1.807) is 4.90 Å². The summed E-state index contributed by atoms with van der Waals surface area (Å²) in [6.45, 7) is 3.78. The fourth-order valence-corrected chi connectivity index (χ4v) is 3.14. The molecule has 1 aromatic carbocycles. The van der Waals surface area contributed by atoms with Crippen molar-refractivity contribution in [2.24, 2.45) is 0 Å². The van der Waals surface area contributed by atoms with Crippen molar-refractivity contribution in [1.29, 1.82) is 0 Å². The lowest BCUT2D eigenvalue weighted by Crippen LogP contribution is -2.45. The van der Waals surface area contributed by atoms with E-state index < -0.39 is 0 Å². The molecule has 0 unspecified atom stereocenters. The van der Waals surface area contributed by atoms with Gasteiger partial charge in [0.2, 0.25) is 0 Å². The zero-order valence-electron chi connectivity index (χ0n) is 13.4. The van der Waals surface area contributed by atoms with Gasteiger partial charge in [-0.1, -0.05) is 30.3 Å². The summed E-state index contributed by atoms with van der Waals surface area (Å²) < 4.78 is 0. The van der Waals surface area contributed by atoms with E-state index in [-0.39, 0.29) is 24.1 Å². The van der Waals surface area contributed by atoms with E-state index in [4.69, 9.17) is 0 Å². The molecule has 3 N–H and O–H groups in total. The average Bonchev–Trinajstić information content (AvgIpc) is 3.15. The summed E-state index contributed by atoms with van der Waals surface area (Å²) in [5.41, 5.74) is 1.28. The number of amides is 4. The van der Waals surface area contributed by atoms with Crippen LogP contribution in [0.15, 0.2) is 30.3 Å². The normalized spacial score (nSPS) is 25.8. The van der Waals surface area contributed by atoms with E-state index in [2.05, 4.69) is 28.1 Å². The first-order chi connectivity index (χ1) is 11.2. The molecule has 1 heterocycles. The van der Waals surface area contributed by atoms with Crippen molar-refractivity contribution in [3.8, 4) is 0 Å². The minimum Gasteiger partial charge on any atom is -0.338 e. The van der Waals surface area contributed by atoms with Crippen molar-refractivity contribution in [1.82, 2.24) is 20.9 Å². The number of likely N-dealkylation sites (tertiary alicyclic amines) is 1. The first-order valence-corrected chi connectivity index (χ1v) is 8.32. The summed E-state index contributed by atoms with van der Waals surface area (Å²) in [5.74, 6) is 0.428. The SMILES string of the molecule is CCNC(=O)N1CC[C@H](NC(=O)N[C@@H]2C[C@@H]2c2ccccc2)C1. The van der Waals surface area contributed by atoms with E-state index >= 15 is 0 Å². The third-order valence-electron chi connectivity index (χ3n) is 4.47. The van der Waals surface area contributed by atoms with Crippen LogP contribution in [0.1, 0.15) is 31.2 Å². The van der Waals surface area contributed by atoms with Gasteiger partial charge in [-0.3, -0.25) is 0 Å². The summed E-state index contributed by atoms with van der Waals surface area (Å²) in [4.78, 5) is 25.6. The molecule has 0 radical (unpaired) electrons. The van der Waals surface area contributed by atoms with Gasteiger partial charge in [0.25, 0.3) is 0 Å². The third kappa shape index (κ3) is 3.94. The highest BCUT2D eigenvalue weighted by Crippen LogP contribution is 2.40. The second kappa shape index (κ2) is 6.89. The molecule has 1 aromatic rings.